The molecule has 1 aromatic rings. The molecule has 1 saturated heterocycles. The average Bonchev–Trinajstić information content (AvgIpc) is 2.42. The third kappa shape index (κ3) is 4.39. The summed E-state index contributed by atoms with van der Waals surface area (Å²) in [6, 6.07) is 6.22. The van der Waals surface area contributed by atoms with Crippen LogP contribution in [0.5, 0.6) is 11.5 Å². The quantitative estimate of drug-likeness (QED) is 0.869. The molecule has 1 heterocycles. The van der Waals surface area contributed by atoms with Gasteiger partial charge in [0.05, 0.1) is 13.2 Å². The van der Waals surface area contributed by atoms with Crippen LogP contribution in [0, 0.1) is 0 Å². The lowest BCUT2D eigenvalue weighted by molar-refractivity contribution is 0.00624. The van der Waals surface area contributed by atoms with Crippen LogP contribution in [-0.2, 0) is 11.2 Å². The molecule has 0 spiro atoms. The van der Waals surface area contributed by atoms with E-state index in [4.69, 9.17) is 19.9 Å². The molecule has 2 rings (SSSR count). The van der Waals surface area contributed by atoms with E-state index in [1.807, 2.05) is 26.0 Å². The summed E-state index contributed by atoms with van der Waals surface area (Å²) in [6.45, 7) is 6.10. The Hall–Kier alpha value is -1.26. The van der Waals surface area contributed by atoms with Crippen molar-refractivity contribution in [3.05, 3.63) is 23.8 Å². The van der Waals surface area contributed by atoms with Gasteiger partial charge >= 0.3 is 0 Å². The molecule has 0 aromatic heterocycles. The van der Waals surface area contributed by atoms with Crippen LogP contribution >= 0.6 is 0 Å². The van der Waals surface area contributed by atoms with E-state index < -0.39 is 0 Å². The first kappa shape index (κ1) is 15.1. The van der Waals surface area contributed by atoms with Crippen molar-refractivity contribution in [3.8, 4) is 11.5 Å². The van der Waals surface area contributed by atoms with Gasteiger partial charge in [-0.3, -0.25) is 0 Å². The highest BCUT2D eigenvalue weighted by Crippen LogP contribution is 2.31. The van der Waals surface area contributed by atoms with Gasteiger partial charge in [-0.2, -0.15) is 0 Å². The summed E-state index contributed by atoms with van der Waals surface area (Å²) in [6.07, 6.45) is 3.06. The molecule has 2 N–H and O–H groups in total. The maximum atomic E-state index is 6.02. The molecule has 1 aliphatic rings. The molecule has 2 atom stereocenters. The first-order chi connectivity index (χ1) is 9.69. The van der Waals surface area contributed by atoms with Gasteiger partial charge in [-0.25, -0.2) is 0 Å². The maximum Gasteiger partial charge on any atom is 0.161 e. The second kappa shape index (κ2) is 7.50. The monoisotopic (exact) mass is 279 g/mol. The van der Waals surface area contributed by atoms with Crippen LogP contribution in [-0.4, -0.2) is 32.0 Å². The average molecular weight is 279 g/mol. The van der Waals surface area contributed by atoms with Gasteiger partial charge in [0.2, 0.25) is 0 Å². The van der Waals surface area contributed by atoms with Crippen LogP contribution in [0.4, 0.5) is 0 Å². The Kier molecular flexibility index (Phi) is 5.68. The van der Waals surface area contributed by atoms with Crippen molar-refractivity contribution in [2.24, 2.45) is 5.73 Å². The van der Waals surface area contributed by atoms with Crippen molar-refractivity contribution >= 4 is 0 Å². The van der Waals surface area contributed by atoms with Crippen LogP contribution < -0.4 is 15.2 Å². The number of rotatable bonds is 6. The summed E-state index contributed by atoms with van der Waals surface area (Å²) in [4.78, 5) is 0. The molecule has 1 fully saturated rings. The molecule has 0 bridgehead atoms. The van der Waals surface area contributed by atoms with E-state index in [1.54, 1.807) is 0 Å². The molecular formula is C16H25NO3. The Bertz CT molecular complexity index is 414. The van der Waals surface area contributed by atoms with E-state index in [1.165, 1.54) is 5.56 Å². The van der Waals surface area contributed by atoms with E-state index in [-0.39, 0.29) is 12.1 Å². The molecule has 4 heteroatoms. The third-order valence-electron chi connectivity index (χ3n) is 3.28. The molecular weight excluding hydrogens is 254 g/mol. The largest absolute Gasteiger partial charge is 0.490 e. The van der Waals surface area contributed by atoms with Crippen LogP contribution in [0.3, 0.4) is 0 Å². The molecule has 4 nitrogen and oxygen atoms in total. The van der Waals surface area contributed by atoms with E-state index in [0.717, 1.165) is 37.4 Å². The lowest BCUT2D eigenvalue weighted by Gasteiger charge is -2.24. The molecule has 0 aliphatic carbocycles. The summed E-state index contributed by atoms with van der Waals surface area (Å²) in [5.74, 6) is 1.60. The summed E-state index contributed by atoms with van der Waals surface area (Å²) in [5.41, 5.74) is 7.02. The fourth-order valence-electron chi connectivity index (χ4n) is 2.40. The zero-order valence-corrected chi connectivity index (χ0v) is 12.4. The summed E-state index contributed by atoms with van der Waals surface area (Å²) < 4.78 is 17.2. The summed E-state index contributed by atoms with van der Waals surface area (Å²) >= 11 is 0. The zero-order valence-electron chi connectivity index (χ0n) is 12.4. The Balaban J connectivity index is 2.09. The standard InChI is InChI=1S/C16H25NO3/c1-3-19-16-10-13(9-12(2)17)6-7-15(16)20-14-5-4-8-18-11-14/h6-7,10,12,14H,3-5,8-9,11,17H2,1-2H3. The molecule has 1 aromatic carbocycles. The number of hydrogen-bond acceptors (Lipinski definition) is 4. The van der Waals surface area contributed by atoms with Crippen molar-refractivity contribution in [2.45, 2.75) is 45.3 Å². The minimum atomic E-state index is 0.127. The first-order valence-corrected chi connectivity index (χ1v) is 7.44. The van der Waals surface area contributed by atoms with Gasteiger partial charge in [-0.05, 0) is 50.8 Å². The van der Waals surface area contributed by atoms with Crippen LogP contribution in [0.1, 0.15) is 32.3 Å². The van der Waals surface area contributed by atoms with Crippen molar-refractivity contribution in [1.82, 2.24) is 0 Å². The van der Waals surface area contributed by atoms with Crippen LogP contribution in [0.15, 0.2) is 18.2 Å². The van der Waals surface area contributed by atoms with E-state index >= 15 is 0 Å². The highest BCUT2D eigenvalue weighted by atomic mass is 16.6. The van der Waals surface area contributed by atoms with Gasteiger partial charge in [0.1, 0.15) is 6.10 Å². The van der Waals surface area contributed by atoms with Gasteiger partial charge in [-0.15, -0.1) is 0 Å². The molecule has 112 valence electrons. The lowest BCUT2D eigenvalue weighted by atomic mass is 10.1. The van der Waals surface area contributed by atoms with Crippen LogP contribution in [0.2, 0.25) is 0 Å². The topological polar surface area (TPSA) is 53.7 Å². The number of nitrogens with two attached hydrogens (primary N) is 1. The SMILES string of the molecule is CCOc1cc(CC(C)N)ccc1OC1CCCOC1. The maximum absolute atomic E-state index is 6.02. The normalized spacial score (nSPS) is 20.4. The Morgan fingerprint density at radius 1 is 1.40 bits per heavy atom. The Morgan fingerprint density at radius 2 is 2.25 bits per heavy atom. The molecule has 1 aliphatic heterocycles. The predicted octanol–water partition coefficient (Wildman–Crippen LogP) is 2.53. The van der Waals surface area contributed by atoms with Gasteiger partial charge in [0.25, 0.3) is 0 Å². The van der Waals surface area contributed by atoms with Gasteiger partial charge < -0.3 is 19.9 Å². The van der Waals surface area contributed by atoms with E-state index in [9.17, 15) is 0 Å². The highest BCUT2D eigenvalue weighted by molar-refractivity contribution is 5.43. The smallest absolute Gasteiger partial charge is 0.161 e. The van der Waals surface area contributed by atoms with Crippen molar-refractivity contribution in [1.29, 1.82) is 0 Å². The number of benzene rings is 1. The second-order valence-corrected chi connectivity index (χ2v) is 5.35. The minimum Gasteiger partial charge on any atom is -0.490 e. The van der Waals surface area contributed by atoms with Gasteiger partial charge in [0, 0.05) is 12.6 Å². The van der Waals surface area contributed by atoms with Crippen molar-refractivity contribution < 1.29 is 14.2 Å². The minimum absolute atomic E-state index is 0.127. The zero-order chi connectivity index (χ0) is 14.4. The molecule has 0 amide bonds. The Morgan fingerprint density at radius 3 is 2.90 bits per heavy atom. The molecule has 20 heavy (non-hydrogen) atoms. The molecule has 0 saturated carbocycles. The molecule has 0 radical (unpaired) electrons. The number of hydrogen-bond donors (Lipinski definition) is 1. The fourth-order valence-corrected chi connectivity index (χ4v) is 2.40. The fraction of sp³-hybridized carbons (Fsp3) is 0.625. The summed E-state index contributed by atoms with van der Waals surface area (Å²) in [7, 11) is 0. The van der Waals surface area contributed by atoms with Crippen molar-refractivity contribution in [2.75, 3.05) is 19.8 Å². The summed E-state index contributed by atoms with van der Waals surface area (Å²) in [5, 5.41) is 0. The lowest BCUT2D eigenvalue weighted by Crippen LogP contribution is -2.28. The molecule has 2 unspecified atom stereocenters. The predicted molar refractivity (Wildman–Crippen MR) is 79.4 cm³/mol. The Labute approximate surface area is 121 Å². The van der Waals surface area contributed by atoms with Crippen LogP contribution in [0.25, 0.3) is 0 Å². The number of ether oxygens (including phenoxy) is 3. The van der Waals surface area contributed by atoms with Gasteiger partial charge in [-0.1, -0.05) is 6.07 Å². The highest BCUT2D eigenvalue weighted by Gasteiger charge is 2.17. The first-order valence-electron chi connectivity index (χ1n) is 7.44. The van der Waals surface area contributed by atoms with E-state index in [2.05, 4.69) is 6.07 Å². The van der Waals surface area contributed by atoms with Crippen molar-refractivity contribution in [3.63, 3.8) is 0 Å². The third-order valence-corrected chi connectivity index (χ3v) is 3.28. The van der Waals surface area contributed by atoms with Gasteiger partial charge in [0.15, 0.2) is 11.5 Å². The van der Waals surface area contributed by atoms with E-state index in [0.29, 0.717) is 13.2 Å². The second-order valence-electron chi connectivity index (χ2n) is 5.35.